The predicted octanol–water partition coefficient (Wildman–Crippen LogP) is 2.97. The first-order valence-electron chi connectivity index (χ1n) is 12.1. The third kappa shape index (κ3) is 4.51. The number of alkyl halides is 3. The number of nitrogens with zero attached hydrogens (tertiary/aromatic N) is 7. The van der Waals surface area contributed by atoms with Gasteiger partial charge in [0.05, 0.1) is 29.2 Å². The molecule has 0 spiro atoms. The number of fused-ring (bicyclic) bond motifs is 1. The van der Waals surface area contributed by atoms with Gasteiger partial charge in [-0.1, -0.05) is 0 Å². The molecule has 0 amide bonds. The SMILES string of the molecule is CS(=O)(=O)C1CC(N2CCN(c3ccnc(-c4cnc5ccc(C(F)(F)F)cn45)n3)CC2c2cn[nH]c2)C1. The van der Waals surface area contributed by atoms with Crippen LogP contribution in [0.1, 0.15) is 30.0 Å². The highest BCUT2D eigenvalue weighted by Crippen LogP contribution is 2.38. The number of anilines is 1. The fraction of sp³-hybridized carbons (Fsp3) is 0.417. The number of halogens is 3. The maximum Gasteiger partial charge on any atom is 0.417 e. The maximum absolute atomic E-state index is 13.3. The first kappa shape index (κ1) is 24.8. The monoisotopic (exact) mass is 546 g/mol. The lowest BCUT2D eigenvalue weighted by Gasteiger charge is -2.50. The summed E-state index contributed by atoms with van der Waals surface area (Å²) in [6, 6.07) is 4.23. The molecule has 38 heavy (non-hydrogen) atoms. The first-order valence-corrected chi connectivity index (χ1v) is 14.1. The van der Waals surface area contributed by atoms with E-state index in [1.54, 1.807) is 18.5 Å². The number of aromatic nitrogens is 6. The van der Waals surface area contributed by atoms with Crippen molar-refractivity contribution in [1.29, 1.82) is 0 Å². The van der Waals surface area contributed by atoms with Crippen molar-refractivity contribution in [1.82, 2.24) is 34.4 Å². The molecule has 1 aliphatic heterocycles. The van der Waals surface area contributed by atoms with Gasteiger partial charge >= 0.3 is 6.18 Å². The Morgan fingerprint density at radius 3 is 2.61 bits per heavy atom. The van der Waals surface area contributed by atoms with Crippen molar-refractivity contribution >= 4 is 21.3 Å². The summed E-state index contributed by atoms with van der Waals surface area (Å²) in [7, 11) is -3.06. The van der Waals surface area contributed by atoms with Gasteiger partial charge in [0.1, 0.15) is 27.0 Å². The molecule has 2 fully saturated rings. The number of sulfone groups is 1. The van der Waals surface area contributed by atoms with E-state index in [1.807, 2.05) is 6.20 Å². The van der Waals surface area contributed by atoms with E-state index in [0.717, 1.165) is 17.8 Å². The van der Waals surface area contributed by atoms with E-state index in [4.69, 9.17) is 4.98 Å². The molecule has 0 aromatic carbocycles. The Labute approximate surface area is 216 Å². The summed E-state index contributed by atoms with van der Waals surface area (Å²) in [5.74, 6) is 0.916. The van der Waals surface area contributed by atoms with Crippen LogP contribution in [0.5, 0.6) is 0 Å². The van der Waals surface area contributed by atoms with Crippen molar-refractivity contribution in [3.63, 3.8) is 0 Å². The molecule has 4 aromatic heterocycles. The summed E-state index contributed by atoms with van der Waals surface area (Å²) in [5, 5.41) is 6.67. The number of hydrogen-bond acceptors (Lipinski definition) is 8. The molecule has 200 valence electrons. The Morgan fingerprint density at radius 2 is 1.89 bits per heavy atom. The Hall–Kier alpha value is -3.52. The lowest BCUT2D eigenvalue weighted by molar-refractivity contribution is -0.137. The summed E-state index contributed by atoms with van der Waals surface area (Å²) < 4.78 is 65.2. The van der Waals surface area contributed by atoms with Crippen molar-refractivity contribution < 1.29 is 21.6 Å². The fourth-order valence-electron chi connectivity index (χ4n) is 5.30. The van der Waals surface area contributed by atoms with Gasteiger partial charge in [0.2, 0.25) is 0 Å². The van der Waals surface area contributed by atoms with E-state index < -0.39 is 21.6 Å². The van der Waals surface area contributed by atoms with E-state index in [9.17, 15) is 21.6 Å². The van der Waals surface area contributed by atoms with Crippen molar-refractivity contribution in [2.75, 3.05) is 30.8 Å². The van der Waals surface area contributed by atoms with E-state index >= 15 is 0 Å². The van der Waals surface area contributed by atoms with Gasteiger partial charge in [-0.3, -0.25) is 14.4 Å². The standard InChI is InChI=1S/C24H25F3N8O2S/c1-38(36,37)18-8-17(9-18)34-7-6-33(14-20(34)15-10-30-31-11-15)22-4-5-28-23(32-22)19-12-29-21-3-2-16(13-35(19)21)24(25,26)27/h2-5,10-13,17-18,20H,6-9,14H2,1H3,(H,30,31). The molecule has 1 saturated heterocycles. The second kappa shape index (κ2) is 9.05. The van der Waals surface area contributed by atoms with E-state index in [-0.39, 0.29) is 23.2 Å². The van der Waals surface area contributed by atoms with Gasteiger partial charge < -0.3 is 4.90 Å². The molecule has 6 rings (SSSR count). The zero-order chi connectivity index (χ0) is 26.7. The number of imidazole rings is 1. The highest BCUT2D eigenvalue weighted by molar-refractivity contribution is 7.91. The van der Waals surface area contributed by atoms with Crippen LogP contribution in [0.15, 0.2) is 49.2 Å². The van der Waals surface area contributed by atoms with Crippen molar-refractivity contribution in [2.45, 2.75) is 36.4 Å². The molecule has 0 bridgehead atoms. The van der Waals surface area contributed by atoms with Crippen molar-refractivity contribution in [3.05, 3.63) is 60.3 Å². The number of hydrogen-bond donors (Lipinski definition) is 1. The predicted molar refractivity (Wildman–Crippen MR) is 133 cm³/mol. The first-order chi connectivity index (χ1) is 18.1. The van der Waals surface area contributed by atoms with Crippen LogP contribution in [0.25, 0.3) is 17.2 Å². The molecular formula is C24H25F3N8O2S. The molecule has 5 heterocycles. The van der Waals surface area contributed by atoms with Gasteiger partial charge in [0.15, 0.2) is 5.82 Å². The molecular weight excluding hydrogens is 521 g/mol. The van der Waals surface area contributed by atoms with Crippen LogP contribution in [0.3, 0.4) is 0 Å². The second-order valence-electron chi connectivity index (χ2n) is 9.83. The van der Waals surface area contributed by atoms with Gasteiger partial charge in [0, 0.05) is 56.1 Å². The fourth-order valence-corrected chi connectivity index (χ4v) is 6.45. The summed E-state index contributed by atoms with van der Waals surface area (Å²) in [5.41, 5.74) is 0.935. The van der Waals surface area contributed by atoms with Crippen LogP contribution in [0, 0.1) is 0 Å². The third-order valence-corrected chi connectivity index (χ3v) is 9.09. The quantitative estimate of drug-likeness (QED) is 0.407. The van der Waals surface area contributed by atoms with E-state index in [0.29, 0.717) is 49.6 Å². The summed E-state index contributed by atoms with van der Waals surface area (Å²) in [6.07, 6.45) is 5.71. The van der Waals surface area contributed by atoms with Crippen molar-refractivity contribution in [3.8, 4) is 11.5 Å². The molecule has 4 aromatic rings. The highest BCUT2D eigenvalue weighted by Gasteiger charge is 2.43. The average Bonchev–Trinajstić information content (AvgIpc) is 3.52. The second-order valence-corrected chi connectivity index (χ2v) is 12.2. The molecule has 1 aliphatic carbocycles. The van der Waals surface area contributed by atoms with Gasteiger partial charge in [-0.2, -0.15) is 18.3 Å². The number of pyridine rings is 1. The van der Waals surface area contributed by atoms with Crippen molar-refractivity contribution in [2.24, 2.45) is 0 Å². The minimum atomic E-state index is -4.48. The Balaban J connectivity index is 1.27. The minimum absolute atomic E-state index is 0.0310. The molecule has 0 radical (unpaired) electrons. The molecule has 2 aliphatic rings. The van der Waals surface area contributed by atoms with E-state index in [1.165, 1.54) is 22.9 Å². The van der Waals surface area contributed by atoms with Gasteiger partial charge in [0.25, 0.3) is 0 Å². The topological polar surface area (TPSA) is 112 Å². The largest absolute Gasteiger partial charge is 0.417 e. The summed E-state index contributed by atoms with van der Waals surface area (Å²) in [4.78, 5) is 17.7. The summed E-state index contributed by atoms with van der Waals surface area (Å²) in [6.45, 7) is 1.93. The average molecular weight is 547 g/mol. The number of H-pyrrole nitrogens is 1. The van der Waals surface area contributed by atoms with Crippen LogP contribution in [0.4, 0.5) is 19.0 Å². The van der Waals surface area contributed by atoms with Crippen LogP contribution >= 0.6 is 0 Å². The molecule has 1 N–H and O–H groups in total. The summed E-state index contributed by atoms with van der Waals surface area (Å²) >= 11 is 0. The van der Waals surface area contributed by atoms with E-state index in [2.05, 4.69) is 30.0 Å². The maximum atomic E-state index is 13.3. The number of aromatic amines is 1. The number of rotatable bonds is 5. The Kier molecular flexibility index (Phi) is 5.90. The molecule has 1 saturated carbocycles. The molecule has 10 nitrogen and oxygen atoms in total. The number of piperazine rings is 1. The third-order valence-electron chi connectivity index (χ3n) is 7.50. The highest BCUT2D eigenvalue weighted by atomic mass is 32.2. The smallest absolute Gasteiger partial charge is 0.353 e. The Morgan fingerprint density at radius 1 is 1.08 bits per heavy atom. The molecule has 14 heteroatoms. The van der Waals surface area contributed by atoms with Gasteiger partial charge in [-0.15, -0.1) is 0 Å². The molecule has 1 atom stereocenters. The zero-order valence-electron chi connectivity index (χ0n) is 20.4. The van der Waals surface area contributed by atoms with Gasteiger partial charge in [-0.25, -0.2) is 23.4 Å². The molecule has 1 unspecified atom stereocenters. The van der Waals surface area contributed by atoms with Crippen LogP contribution in [-0.4, -0.2) is 80.0 Å². The lowest BCUT2D eigenvalue weighted by Crippen LogP contribution is -2.57. The normalized spacial score (nSPS) is 23.1. The van der Waals surface area contributed by atoms with Crippen LogP contribution in [-0.2, 0) is 16.0 Å². The Bertz CT molecular complexity index is 1570. The van der Waals surface area contributed by atoms with Crippen LogP contribution in [0.2, 0.25) is 0 Å². The zero-order valence-corrected chi connectivity index (χ0v) is 21.2. The van der Waals surface area contributed by atoms with Gasteiger partial charge in [-0.05, 0) is 31.0 Å². The number of nitrogens with one attached hydrogen (secondary N) is 1. The minimum Gasteiger partial charge on any atom is -0.353 e. The lowest BCUT2D eigenvalue weighted by atomic mass is 9.88. The van der Waals surface area contributed by atoms with Crippen LogP contribution < -0.4 is 4.90 Å².